The predicted molar refractivity (Wildman–Crippen MR) is 175 cm³/mol. The number of aryl methyl sites for hydroxylation is 1. The molecule has 0 unspecified atom stereocenters. The number of halogens is 3. The van der Waals surface area contributed by atoms with Gasteiger partial charge in [-0.25, -0.2) is 8.42 Å². The fourth-order valence-electron chi connectivity index (χ4n) is 6.20. The molecule has 0 aliphatic carbocycles. The minimum Gasteiger partial charge on any atom is -0.305 e. The Kier molecular flexibility index (Phi) is 11.3. The normalized spacial score (nSPS) is 16.8. The molecule has 0 bridgehead atoms. The van der Waals surface area contributed by atoms with Gasteiger partial charge in [0.2, 0.25) is 10.0 Å². The van der Waals surface area contributed by atoms with Crippen LogP contribution in [-0.4, -0.2) is 90.6 Å². The highest BCUT2D eigenvalue weighted by Gasteiger charge is 2.35. The Balaban J connectivity index is 1.35. The van der Waals surface area contributed by atoms with E-state index in [0.717, 1.165) is 56.3 Å². The van der Waals surface area contributed by atoms with E-state index in [-0.39, 0.29) is 11.4 Å². The molecule has 5 rings (SSSR count). The fourth-order valence-corrected chi connectivity index (χ4v) is 8.16. The number of fused-ring (bicyclic) bond motifs is 1. The second kappa shape index (κ2) is 15.0. The third kappa shape index (κ3) is 9.12. The highest BCUT2D eigenvalue weighted by molar-refractivity contribution is 7.99. The summed E-state index contributed by atoms with van der Waals surface area (Å²) >= 11 is 1.20. The molecule has 12 heteroatoms. The van der Waals surface area contributed by atoms with E-state index in [4.69, 9.17) is 5.10 Å². The van der Waals surface area contributed by atoms with Gasteiger partial charge in [-0.05, 0) is 70.1 Å². The number of nitrogens with zero attached hydrogens (tertiary/aromatic N) is 5. The number of alkyl halides is 3. The second-order valence-electron chi connectivity index (χ2n) is 12.2. The average molecular weight is 664 g/mol. The van der Waals surface area contributed by atoms with Crippen LogP contribution in [0.15, 0.2) is 53.4 Å². The first kappa shape index (κ1) is 34.0. The van der Waals surface area contributed by atoms with Crippen LogP contribution in [0.2, 0.25) is 0 Å². The van der Waals surface area contributed by atoms with E-state index in [1.54, 1.807) is 6.07 Å². The van der Waals surface area contributed by atoms with Gasteiger partial charge >= 0.3 is 6.18 Å². The number of hydrogen-bond acceptors (Lipinski definition) is 6. The molecule has 0 amide bonds. The van der Waals surface area contributed by atoms with E-state index < -0.39 is 21.8 Å². The first-order valence-electron chi connectivity index (χ1n) is 15.8. The molecular formula is C33H44F3N5O2S2. The van der Waals surface area contributed by atoms with Crippen molar-refractivity contribution in [1.29, 1.82) is 0 Å². The Morgan fingerprint density at radius 1 is 0.978 bits per heavy atom. The van der Waals surface area contributed by atoms with Crippen molar-refractivity contribution in [3.63, 3.8) is 0 Å². The van der Waals surface area contributed by atoms with Crippen LogP contribution in [0.3, 0.4) is 0 Å². The maximum Gasteiger partial charge on any atom is 0.417 e. The summed E-state index contributed by atoms with van der Waals surface area (Å²) in [6.45, 7) is 5.88. The summed E-state index contributed by atoms with van der Waals surface area (Å²) in [6, 6.07) is 14.4. The number of piperidine rings is 1. The lowest BCUT2D eigenvalue weighted by Gasteiger charge is -2.27. The van der Waals surface area contributed by atoms with Crippen LogP contribution >= 0.6 is 11.8 Å². The standard InChI is InChI=1S/C33H44F3N5O2S2/c1-38(20-14-26-10-5-3-6-11-26)22-23-44-31-24-27(12-13-29(31)33(34,35)36)32-28-25-40(45(2,42)43)21-15-30(28)41(37-32)19-9-18-39-16-7-4-8-17-39/h3,5-6,10-13,24H,4,7-9,14-23,25H2,1-2H3. The molecular weight excluding hydrogens is 620 g/mol. The van der Waals surface area contributed by atoms with Crippen LogP contribution in [-0.2, 0) is 42.1 Å². The molecule has 1 fully saturated rings. The topological polar surface area (TPSA) is 61.7 Å². The fraction of sp³-hybridized carbons (Fsp3) is 0.545. The number of benzene rings is 2. The number of rotatable bonds is 13. The molecule has 7 nitrogen and oxygen atoms in total. The molecule has 0 saturated carbocycles. The zero-order chi connectivity index (χ0) is 32.0. The summed E-state index contributed by atoms with van der Waals surface area (Å²) in [5.41, 5.74) is 3.51. The van der Waals surface area contributed by atoms with Gasteiger partial charge < -0.3 is 9.80 Å². The van der Waals surface area contributed by atoms with Crippen LogP contribution in [0.5, 0.6) is 0 Å². The van der Waals surface area contributed by atoms with Crippen molar-refractivity contribution >= 4 is 21.8 Å². The van der Waals surface area contributed by atoms with Crippen LogP contribution < -0.4 is 0 Å². The molecule has 3 heterocycles. The first-order chi connectivity index (χ1) is 21.5. The highest BCUT2D eigenvalue weighted by atomic mass is 32.2. The number of hydrogen-bond donors (Lipinski definition) is 0. The lowest BCUT2D eigenvalue weighted by Crippen LogP contribution is -2.35. The SMILES string of the molecule is CN(CCSc1cc(-c2nn(CCCN3CCCCC3)c3c2CN(S(C)(=O)=O)CC3)ccc1C(F)(F)F)CCc1ccccc1. The third-order valence-electron chi connectivity index (χ3n) is 8.78. The van der Waals surface area contributed by atoms with E-state index >= 15 is 0 Å². The Hall–Kier alpha value is -2.38. The Morgan fingerprint density at radius 3 is 2.44 bits per heavy atom. The van der Waals surface area contributed by atoms with Gasteiger partial charge in [0.25, 0.3) is 0 Å². The Morgan fingerprint density at radius 2 is 1.73 bits per heavy atom. The lowest BCUT2D eigenvalue weighted by atomic mass is 10.0. The van der Waals surface area contributed by atoms with Crippen molar-refractivity contribution in [3.8, 4) is 11.3 Å². The van der Waals surface area contributed by atoms with Crippen molar-refractivity contribution in [1.82, 2.24) is 23.9 Å². The van der Waals surface area contributed by atoms with Crippen molar-refractivity contribution in [2.75, 3.05) is 58.3 Å². The van der Waals surface area contributed by atoms with Gasteiger partial charge in [0.1, 0.15) is 0 Å². The Labute approximate surface area is 269 Å². The molecule has 246 valence electrons. The first-order valence-corrected chi connectivity index (χ1v) is 18.7. The lowest BCUT2D eigenvalue weighted by molar-refractivity contribution is -0.139. The van der Waals surface area contributed by atoms with Gasteiger partial charge in [-0.1, -0.05) is 42.8 Å². The Bertz CT molecular complexity index is 1520. The van der Waals surface area contributed by atoms with Crippen molar-refractivity contribution in [2.24, 2.45) is 0 Å². The molecule has 3 aromatic rings. The number of thioether (sulfide) groups is 1. The van der Waals surface area contributed by atoms with Gasteiger partial charge in [-0.2, -0.15) is 22.6 Å². The smallest absolute Gasteiger partial charge is 0.305 e. The van der Waals surface area contributed by atoms with Crippen molar-refractivity contribution in [2.45, 2.75) is 62.7 Å². The summed E-state index contributed by atoms with van der Waals surface area (Å²) in [7, 11) is -1.45. The minimum absolute atomic E-state index is 0.167. The molecule has 0 N–H and O–H groups in total. The maximum atomic E-state index is 14.1. The van der Waals surface area contributed by atoms with Gasteiger partial charge in [0.15, 0.2) is 0 Å². The van der Waals surface area contributed by atoms with Crippen molar-refractivity contribution < 1.29 is 21.6 Å². The molecule has 0 radical (unpaired) electrons. The summed E-state index contributed by atoms with van der Waals surface area (Å²) < 4.78 is 70.7. The second-order valence-corrected chi connectivity index (χ2v) is 15.3. The monoisotopic (exact) mass is 663 g/mol. The number of sulfonamides is 1. The summed E-state index contributed by atoms with van der Waals surface area (Å²) in [5, 5.41) is 4.93. The highest BCUT2D eigenvalue weighted by Crippen LogP contribution is 2.40. The van der Waals surface area contributed by atoms with E-state index in [0.29, 0.717) is 43.1 Å². The molecule has 1 aromatic heterocycles. The predicted octanol–water partition coefficient (Wildman–Crippen LogP) is 6.03. The molecule has 2 aliphatic heterocycles. The summed E-state index contributed by atoms with van der Waals surface area (Å²) in [5.74, 6) is 0.503. The largest absolute Gasteiger partial charge is 0.417 e. The summed E-state index contributed by atoms with van der Waals surface area (Å²) in [4.78, 5) is 4.78. The maximum absolute atomic E-state index is 14.1. The molecule has 45 heavy (non-hydrogen) atoms. The van der Waals surface area contributed by atoms with Crippen LogP contribution in [0.4, 0.5) is 13.2 Å². The third-order valence-corrected chi connectivity index (χ3v) is 11.1. The molecule has 2 aromatic carbocycles. The van der Waals surface area contributed by atoms with Crippen molar-refractivity contribution in [3.05, 3.63) is 70.9 Å². The van der Waals surface area contributed by atoms with E-state index in [2.05, 4.69) is 21.9 Å². The van der Waals surface area contributed by atoms with Gasteiger partial charge in [0, 0.05) is 66.6 Å². The van der Waals surface area contributed by atoms with Gasteiger partial charge in [0.05, 0.1) is 17.5 Å². The molecule has 2 aliphatic rings. The van der Waals surface area contributed by atoms with Gasteiger partial charge in [-0.15, -0.1) is 11.8 Å². The molecule has 1 saturated heterocycles. The molecule has 0 atom stereocenters. The van der Waals surface area contributed by atoms with E-state index in [9.17, 15) is 21.6 Å². The number of likely N-dealkylation sites (N-methyl/N-ethyl adjacent to an activating group) is 1. The van der Waals surface area contributed by atoms with Crippen LogP contribution in [0.1, 0.15) is 48.1 Å². The summed E-state index contributed by atoms with van der Waals surface area (Å²) in [6.07, 6.45) is 2.75. The number of likely N-dealkylation sites (tertiary alicyclic amines) is 1. The molecule has 0 spiro atoms. The average Bonchev–Trinajstić information content (AvgIpc) is 3.38. The van der Waals surface area contributed by atoms with E-state index in [1.807, 2.05) is 29.9 Å². The van der Waals surface area contributed by atoms with Crippen LogP contribution in [0.25, 0.3) is 11.3 Å². The van der Waals surface area contributed by atoms with Gasteiger partial charge in [-0.3, -0.25) is 4.68 Å². The van der Waals surface area contributed by atoms with E-state index in [1.165, 1.54) is 53.2 Å². The number of aromatic nitrogens is 2. The minimum atomic E-state index is -4.49. The zero-order valence-electron chi connectivity index (χ0n) is 26.2. The zero-order valence-corrected chi connectivity index (χ0v) is 27.9. The quantitative estimate of drug-likeness (QED) is 0.208. The van der Waals surface area contributed by atoms with Crippen LogP contribution in [0, 0.1) is 0 Å².